The van der Waals surface area contributed by atoms with Gasteiger partial charge in [-0.05, 0) is 81.1 Å². The fourth-order valence-corrected chi connectivity index (χ4v) is 12.0. The van der Waals surface area contributed by atoms with E-state index in [2.05, 4.69) is 174 Å². The molecular weight excluding hydrogens is 704 g/mol. The molecule has 0 unspecified atom stereocenters. The van der Waals surface area contributed by atoms with Gasteiger partial charge < -0.3 is 9.88 Å². The summed E-state index contributed by atoms with van der Waals surface area (Å²) in [5.41, 5.74) is 11.5. The lowest BCUT2D eigenvalue weighted by atomic mass is 9.58. The van der Waals surface area contributed by atoms with Gasteiger partial charge in [-0.15, -0.1) is 22.7 Å². The molecule has 5 heteroatoms. The number of aromatic nitrogens is 1. The van der Waals surface area contributed by atoms with Crippen LogP contribution in [0.15, 0.2) is 164 Å². The monoisotopic (exact) mass is 732 g/mol. The summed E-state index contributed by atoms with van der Waals surface area (Å²) in [7, 11) is 0.851. The van der Waals surface area contributed by atoms with E-state index < -0.39 is 0 Å². The second-order valence-electron chi connectivity index (χ2n) is 14.8. The van der Waals surface area contributed by atoms with Gasteiger partial charge in [0.05, 0.1) is 5.52 Å². The molecule has 3 aromatic heterocycles. The van der Waals surface area contributed by atoms with E-state index in [1.807, 2.05) is 22.7 Å². The Hall–Kier alpha value is -6.40. The van der Waals surface area contributed by atoms with Gasteiger partial charge in [0.15, 0.2) is 7.28 Å². The molecule has 0 bridgehead atoms. The molecule has 1 aliphatic heterocycles. The van der Waals surface area contributed by atoms with E-state index in [-0.39, 0.29) is 0 Å². The van der Waals surface area contributed by atoms with Crippen LogP contribution >= 0.6 is 22.7 Å². The maximum absolute atomic E-state index is 4.10. The van der Waals surface area contributed by atoms with Crippen LogP contribution in [0, 0.1) is 0 Å². The van der Waals surface area contributed by atoms with Crippen molar-refractivity contribution in [3.8, 4) is 16.8 Å². The van der Waals surface area contributed by atoms with E-state index in [1.54, 1.807) is 0 Å². The van der Waals surface area contributed by atoms with Crippen molar-refractivity contribution < 1.29 is 0 Å². The molecule has 0 spiro atoms. The van der Waals surface area contributed by atoms with Gasteiger partial charge in [-0.1, -0.05) is 121 Å². The highest BCUT2D eigenvalue weighted by atomic mass is 32.1. The third-order valence-corrected chi connectivity index (χ3v) is 14.2. The van der Waals surface area contributed by atoms with Crippen LogP contribution in [0.3, 0.4) is 0 Å². The van der Waals surface area contributed by atoms with Crippen molar-refractivity contribution in [2.45, 2.75) is 0 Å². The van der Waals surface area contributed by atoms with Crippen molar-refractivity contribution in [1.82, 2.24) is 4.57 Å². The van der Waals surface area contributed by atoms with Crippen LogP contribution in [0.5, 0.6) is 0 Å². The largest absolute Gasteiger partial charge is 0.354 e. The molecule has 0 amide bonds. The fourth-order valence-electron chi connectivity index (χ4n) is 9.73. The highest BCUT2D eigenvalue weighted by molar-refractivity contribution is 7.26. The third-order valence-electron chi connectivity index (χ3n) is 12.0. The Morgan fingerprint density at radius 2 is 1.09 bits per heavy atom. The van der Waals surface area contributed by atoms with Crippen LogP contribution in [0.1, 0.15) is 0 Å². The van der Waals surface area contributed by atoms with Crippen molar-refractivity contribution in [2.75, 3.05) is 5.32 Å². The van der Waals surface area contributed by atoms with Crippen LogP contribution in [-0.2, 0) is 0 Å². The highest BCUT2D eigenvalue weighted by Crippen LogP contribution is 2.48. The van der Waals surface area contributed by atoms with Gasteiger partial charge in [-0.2, -0.15) is 0 Å². The number of nitrogens with zero attached hydrogens (tertiary/aromatic N) is 1. The average Bonchev–Trinajstić information content (AvgIpc) is 3.92. The summed E-state index contributed by atoms with van der Waals surface area (Å²) in [6.07, 6.45) is 0. The van der Waals surface area contributed by atoms with Crippen molar-refractivity contribution in [1.29, 1.82) is 0 Å². The first kappa shape index (κ1) is 30.0. The number of thiophene rings is 2. The normalized spacial score (nSPS) is 12.5. The first-order valence-electron chi connectivity index (χ1n) is 18.9. The molecule has 9 aromatic carbocycles. The predicted molar refractivity (Wildman–Crippen MR) is 243 cm³/mol. The number of benzene rings is 9. The van der Waals surface area contributed by atoms with Gasteiger partial charge in [0.2, 0.25) is 0 Å². The molecular formula is C50H29BN2S2. The maximum Gasteiger partial charge on any atom is 0.198 e. The lowest BCUT2D eigenvalue weighted by Gasteiger charge is -2.26. The first-order chi connectivity index (χ1) is 27.3. The molecule has 13 rings (SSSR count). The Balaban J connectivity index is 1.18. The number of fused-ring (bicyclic) bond motifs is 14. The minimum atomic E-state index is 0.851. The standard InChI is InChI=1S/C50H29BN2S2/c1-3-13-30-28(11-1)23-25-38-44(30)34-17-9-18-35-50(34)53(38)39-27-29-12-2-4-14-31(29)47(49(39)51-35)48-37(24-26-43-46(48)33-16-6-8-21-41(33)55-43)52-36-19-10-22-42-45(36)32-15-5-7-20-40(32)54-42/h1-27,51-52H. The molecule has 0 saturated carbocycles. The Labute approximate surface area is 324 Å². The second-order valence-corrected chi connectivity index (χ2v) is 17.0. The number of nitrogens with one attached hydrogen (secondary N) is 1. The minimum Gasteiger partial charge on any atom is -0.354 e. The zero-order valence-electron chi connectivity index (χ0n) is 29.6. The summed E-state index contributed by atoms with van der Waals surface area (Å²) >= 11 is 3.76. The molecule has 0 aliphatic carbocycles. The number of hydrogen-bond acceptors (Lipinski definition) is 3. The number of rotatable bonds is 3. The lowest BCUT2D eigenvalue weighted by molar-refractivity contribution is 1.20. The summed E-state index contributed by atoms with van der Waals surface area (Å²) in [6, 6.07) is 61.0. The lowest BCUT2D eigenvalue weighted by Crippen LogP contribution is -2.37. The Morgan fingerprint density at radius 3 is 1.93 bits per heavy atom. The van der Waals surface area contributed by atoms with Crippen molar-refractivity contribution in [2.24, 2.45) is 0 Å². The zero-order chi connectivity index (χ0) is 35.8. The van der Waals surface area contributed by atoms with Gasteiger partial charge in [-0.25, -0.2) is 0 Å². The predicted octanol–water partition coefficient (Wildman–Crippen LogP) is 12.9. The van der Waals surface area contributed by atoms with Gasteiger partial charge in [0, 0.05) is 79.3 Å². The molecule has 55 heavy (non-hydrogen) atoms. The first-order valence-corrected chi connectivity index (χ1v) is 20.5. The summed E-state index contributed by atoms with van der Waals surface area (Å²) in [5, 5.41) is 17.1. The van der Waals surface area contributed by atoms with Crippen LogP contribution in [0.2, 0.25) is 0 Å². The van der Waals surface area contributed by atoms with Crippen molar-refractivity contribution in [3.63, 3.8) is 0 Å². The number of hydrogen-bond donors (Lipinski definition) is 1. The molecule has 0 fully saturated rings. The zero-order valence-corrected chi connectivity index (χ0v) is 31.2. The average molecular weight is 733 g/mol. The molecule has 1 N–H and O–H groups in total. The Kier molecular flexibility index (Phi) is 6.04. The maximum atomic E-state index is 4.10. The summed E-state index contributed by atoms with van der Waals surface area (Å²) < 4.78 is 7.81. The second kappa shape index (κ2) is 11.1. The summed E-state index contributed by atoms with van der Waals surface area (Å²) in [4.78, 5) is 0. The Bertz CT molecular complexity index is 3620. The fraction of sp³-hybridized carbons (Fsp3) is 0. The molecule has 0 atom stereocenters. The van der Waals surface area contributed by atoms with Crippen molar-refractivity contribution in [3.05, 3.63) is 164 Å². The van der Waals surface area contributed by atoms with Gasteiger partial charge in [0.1, 0.15) is 0 Å². The number of anilines is 2. The molecule has 12 aromatic rings. The smallest absolute Gasteiger partial charge is 0.198 e. The Morgan fingerprint density at radius 1 is 0.436 bits per heavy atom. The van der Waals surface area contributed by atoms with Gasteiger partial charge in [0.25, 0.3) is 0 Å². The third kappa shape index (κ3) is 4.09. The summed E-state index contributed by atoms with van der Waals surface area (Å²) in [6.45, 7) is 0. The van der Waals surface area contributed by atoms with Crippen LogP contribution in [0.4, 0.5) is 11.4 Å². The highest BCUT2D eigenvalue weighted by Gasteiger charge is 2.29. The molecule has 0 saturated heterocycles. The minimum absolute atomic E-state index is 0.851. The molecule has 254 valence electrons. The van der Waals surface area contributed by atoms with E-state index in [0.717, 1.165) is 18.7 Å². The molecule has 2 nitrogen and oxygen atoms in total. The van der Waals surface area contributed by atoms with E-state index in [0.29, 0.717) is 0 Å². The van der Waals surface area contributed by atoms with E-state index in [9.17, 15) is 0 Å². The van der Waals surface area contributed by atoms with Gasteiger partial charge >= 0.3 is 0 Å². The van der Waals surface area contributed by atoms with Crippen LogP contribution in [0.25, 0.3) is 101 Å². The van der Waals surface area contributed by atoms with Gasteiger partial charge in [-0.3, -0.25) is 0 Å². The molecule has 1 aliphatic rings. The van der Waals surface area contributed by atoms with E-state index >= 15 is 0 Å². The van der Waals surface area contributed by atoms with Crippen LogP contribution < -0.4 is 16.2 Å². The quantitative estimate of drug-likeness (QED) is 0.179. The van der Waals surface area contributed by atoms with E-state index in [1.165, 1.54) is 111 Å². The van der Waals surface area contributed by atoms with E-state index in [4.69, 9.17) is 0 Å². The number of para-hydroxylation sites is 1. The molecule has 0 radical (unpaired) electrons. The molecule has 4 heterocycles. The van der Waals surface area contributed by atoms with Crippen molar-refractivity contribution >= 4 is 136 Å². The SMILES string of the molecule is B1c2c(cc3ccccc3c2-c2c(Nc3cccc4sc5ccccc5c34)ccc3sc4ccccc4c23)-n2c3ccc4ccccc4c3c3cccc1c32. The topological polar surface area (TPSA) is 17.0 Å². The van der Waals surface area contributed by atoms with Crippen LogP contribution in [-0.4, -0.2) is 11.8 Å². The summed E-state index contributed by atoms with van der Waals surface area (Å²) in [5.74, 6) is 0.